The molecule has 1 aromatic carbocycles. The number of thiophene rings is 1. The Morgan fingerprint density at radius 2 is 2.21 bits per heavy atom. The minimum absolute atomic E-state index is 0.0749. The zero-order valence-corrected chi connectivity index (χ0v) is 11.0. The van der Waals surface area contributed by atoms with Gasteiger partial charge in [0.05, 0.1) is 16.2 Å². The van der Waals surface area contributed by atoms with Crippen molar-refractivity contribution in [2.45, 2.75) is 13.5 Å². The number of benzene rings is 1. The first-order valence-electron chi connectivity index (χ1n) is 5.58. The van der Waals surface area contributed by atoms with E-state index in [9.17, 15) is 10.1 Å². The van der Waals surface area contributed by atoms with Gasteiger partial charge in [0, 0.05) is 28.4 Å². The van der Waals surface area contributed by atoms with Gasteiger partial charge in [-0.1, -0.05) is 0 Å². The van der Waals surface area contributed by atoms with E-state index in [1.54, 1.807) is 17.4 Å². The molecule has 0 aliphatic carbocycles. The van der Waals surface area contributed by atoms with Crippen LogP contribution in [0.3, 0.4) is 0 Å². The number of non-ortho nitro benzene ring substituents is 1. The maximum atomic E-state index is 10.6. The molecule has 19 heavy (non-hydrogen) atoms. The van der Waals surface area contributed by atoms with Gasteiger partial charge in [0.15, 0.2) is 0 Å². The van der Waals surface area contributed by atoms with E-state index in [1.807, 2.05) is 25.1 Å². The maximum Gasteiger partial charge on any atom is 0.270 e. The Labute approximate surface area is 114 Å². The van der Waals surface area contributed by atoms with E-state index in [-0.39, 0.29) is 11.3 Å². The quantitative estimate of drug-likeness (QED) is 0.683. The SMILES string of the molecule is Cc1ccc(CNc2ccc([N+](=O)[O-])cc2C#N)s1. The lowest BCUT2D eigenvalue weighted by molar-refractivity contribution is -0.384. The van der Waals surface area contributed by atoms with Crippen molar-refractivity contribution in [1.29, 1.82) is 5.26 Å². The largest absolute Gasteiger partial charge is 0.379 e. The standard InChI is InChI=1S/C13H11N3O2S/c1-9-2-4-12(19-9)8-15-13-5-3-11(16(17)18)6-10(13)7-14/h2-6,15H,8H2,1H3. The fourth-order valence-electron chi connectivity index (χ4n) is 1.65. The highest BCUT2D eigenvalue weighted by atomic mass is 32.1. The zero-order chi connectivity index (χ0) is 13.8. The summed E-state index contributed by atoms with van der Waals surface area (Å²) >= 11 is 1.67. The molecule has 6 heteroatoms. The van der Waals surface area contributed by atoms with Gasteiger partial charge in [0.1, 0.15) is 6.07 Å². The summed E-state index contributed by atoms with van der Waals surface area (Å²) in [5, 5.41) is 22.8. The normalized spacial score (nSPS) is 9.89. The first-order valence-corrected chi connectivity index (χ1v) is 6.39. The summed E-state index contributed by atoms with van der Waals surface area (Å²) in [4.78, 5) is 12.5. The highest BCUT2D eigenvalue weighted by Gasteiger charge is 2.10. The minimum atomic E-state index is -0.507. The van der Waals surface area contributed by atoms with E-state index >= 15 is 0 Å². The molecule has 1 heterocycles. The third-order valence-corrected chi connectivity index (χ3v) is 3.58. The fourth-order valence-corrected chi connectivity index (χ4v) is 2.48. The van der Waals surface area contributed by atoms with Crippen molar-refractivity contribution in [3.05, 3.63) is 55.8 Å². The van der Waals surface area contributed by atoms with Crippen LogP contribution in [-0.4, -0.2) is 4.92 Å². The molecular weight excluding hydrogens is 262 g/mol. The molecule has 96 valence electrons. The van der Waals surface area contributed by atoms with Gasteiger partial charge in [-0.3, -0.25) is 10.1 Å². The molecule has 1 aromatic heterocycles. The van der Waals surface area contributed by atoms with E-state index < -0.39 is 4.92 Å². The smallest absolute Gasteiger partial charge is 0.270 e. The van der Waals surface area contributed by atoms with Crippen molar-refractivity contribution in [2.75, 3.05) is 5.32 Å². The molecule has 0 amide bonds. The van der Waals surface area contributed by atoms with Gasteiger partial charge in [-0.05, 0) is 25.1 Å². The van der Waals surface area contributed by atoms with Crippen LogP contribution in [0.4, 0.5) is 11.4 Å². The predicted molar refractivity (Wildman–Crippen MR) is 74.2 cm³/mol. The fraction of sp³-hybridized carbons (Fsp3) is 0.154. The van der Waals surface area contributed by atoms with Crippen LogP contribution in [-0.2, 0) is 6.54 Å². The van der Waals surface area contributed by atoms with Crippen LogP contribution in [0.25, 0.3) is 0 Å². The number of nitrogens with zero attached hydrogens (tertiary/aromatic N) is 2. The van der Waals surface area contributed by atoms with Gasteiger partial charge in [0.2, 0.25) is 0 Å². The van der Waals surface area contributed by atoms with E-state index in [2.05, 4.69) is 5.32 Å². The molecule has 1 N–H and O–H groups in total. The topological polar surface area (TPSA) is 79.0 Å². The lowest BCUT2D eigenvalue weighted by Crippen LogP contribution is -2.00. The first kappa shape index (κ1) is 13.1. The molecule has 0 saturated heterocycles. The van der Waals surface area contributed by atoms with E-state index in [0.717, 1.165) is 4.88 Å². The van der Waals surface area contributed by atoms with Crippen LogP contribution in [0.1, 0.15) is 15.3 Å². The number of nitriles is 1. The van der Waals surface area contributed by atoms with Crippen LogP contribution < -0.4 is 5.32 Å². The Balaban J connectivity index is 2.16. The van der Waals surface area contributed by atoms with Crippen molar-refractivity contribution in [1.82, 2.24) is 0 Å². The number of rotatable bonds is 4. The van der Waals surface area contributed by atoms with Gasteiger partial charge in [0.25, 0.3) is 5.69 Å². The Kier molecular flexibility index (Phi) is 3.78. The summed E-state index contributed by atoms with van der Waals surface area (Å²) < 4.78 is 0. The Bertz CT molecular complexity index is 658. The molecule has 0 aliphatic heterocycles. The lowest BCUT2D eigenvalue weighted by Gasteiger charge is -2.06. The highest BCUT2D eigenvalue weighted by molar-refractivity contribution is 7.11. The Morgan fingerprint density at radius 3 is 2.79 bits per heavy atom. The number of aryl methyl sites for hydroxylation is 1. The summed E-state index contributed by atoms with van der Waals surface area (Å²) in [6.45, 7) is 2.63. The van der Waals surface area contributed by atoms with Gasteiger partial charge in [-0.25, -0.2) is 0 Å². The molecule has 0 bridgehead atoms. The van der Waals surface area contributed by atoms with E-state index in [0.29, 0.717) is 12.2 Å². The van der Waals surface area contributed by atoms with E-state index in [4.69, 9.17) is 5.26 Å². The third kappa shape index (κ3) is 3.09. The van der Waals surface area contributed by atoms with Crippen molar-refractivity contribution in [2.24, 2.45) is 0 Å². The highest BCUT2D eigenvalue weighted by Crippen LogP contribution is 2.23. The van der Waals surface area contributed by atoms with Crippen LogP contribution in [0.5, 0.6) is 0 Å². The molecule has 2 aromatic rings. The van der Waals surface area contributed by atoms with Gasteiger partial charge in [-0.2, -0.15) is 5.26 Å². The summed E-state index contributed by atoms with van der Waals surface area (Å²) in [5.41, 5.74) is 0.815. The number of nitrogens with one attached hydrogen (secondary N) is 1. The van der Waals surface area contributed by atoms with Gasteiger partial charge < -0.3 is 5.32 Å². The van der Waals surface area contributed by atoms with Gasteiger partial charge in [-0.15, -0.1) is 11.3 Å². The van der Waals surface area contributed by atoms with Crippen LogP contribution in [0, 0.1) is 28.4 Å². The second-order valence-electron chi connectivity index (χ2n) is 3.96. The molecule has 0 radical (unpaired) electrons. The molecule has 0 atom stereocenters. The predicted octanol–water partition coefficient (Wildman–Crippen LogP) is 3.45. The van der Waals surface area contributed by atoms with E-state index in [1.165, 1.54) is 17.0 Å². The summed E-state index contributed by atoms with van der Waals surface area (Å²) in [7, 11) is 0. The molecule has 0 fully saturated rings. The van der Waals surface area contributed by atoms with Crippen LogP contribution in [0.15, 0.2) is 30.3 Å². The summed E-state index contributed by atoms with van der Waals surface area (Å²) in [6, 6.07) is 10.3. The van der Waals surface area contributed by atoms with Gasteiger partial charge >= 0.3 is 0 Å². The number of hydrogen-bond acceptors (Lipinski definition) is 5. The third-order valence-electron chi connectivity index (χ3n) is 2.58. The Morgan fingerprint density at radius 1 is 1.42 bits per heavy atom. The van der Waals surface area contributed by atoms with Crippen molar-refractivity contribution in [3.8, 4) is 6.07 Å². The lowest BCUT2D eigenvalue weighted by atomic mass is 10.1. The average Bonchev–Trinajstić information content (AvgIpc) is 2.81. The number of nitro groups is 1. The minimum Gasteiger partial charge on any atom is -0.379 e. The summed E-state index contributed by atoms with van der Waals surface area (Å²) in [5.74, 6) is 0. The van der Waals surface area contributed by atoms with Crippen LogP contribution >= 0.6 is 11.3 Å². The monoisotopic (exact) mass is 273 g/mol. The van der Waals surface area contributed by atoms with Crippen LogP contribution in [0.2, 0.25) is 0 Å². The Hall–Kier alpha value is -2.39. The zero-order valence-electron chi connectivity index (χ0n) is 10.2. The average molecular weight is 273 g/mol. The number of anilines is 1. The molecule has 0 aliphatic rings. The molecular formula is C13H11N3O2S. The van der Waals surface area contributed by atoms with Crippen molar-refractivity contribution >= 4 is 22.7 Å². The first-order chi connectivity index (χ1) is 9.10. The number of nitro benzene ring substituents is 1. The van der Waals surface area contributed by atoms with Crippen molar-refractivity contribution in [3.63, 3.8) is 0 Å². The maximum absolute atomic E-state index is 10.6. The second kappa shape index (κ2) is 5.50. The molecule has 0 spiro atoms. The summed E-state index contributed by atoms with van der Waals surface area (Å²) in [6.07, 6.45) is 0. The van der Waals surface area contributed by atoms with Crippen molar-refractivity contribution < 1.29 is 4.92 Å². The molecule has 2 rings (SSSR count). The molecule has 5 nitrogen and oxygen atoms in total. The second-order valence-corrected chi connectivity index (χ2v) is 5.34. The molecule has 0 saturated carbocycles. The number of hydrogen-bond donors (Lipinski definition) is 1. The molecule has 0 unspecified atom stereocenters.